The summed E-state index contributed by atoms with van der Waals surface area (Å²) in [6.45, 7) is 7.11. The first-order valence-electron chi connectivity index (χ1n) is 6.66. The zero-order valence-electron chi connectivity index (χ0n) is 10.4. The van der Waals surface area contributed by atoms with Gasteiger partial charge in [0.25, 0.3) is 0 Å². The van der Waals surface area contributed by atoms with Gasteiger partial charge in [0.15, 0.2) is 0 Å². The molecule has 0 aromatic heterocycles. The lowest BCUT2D eigenvalue weighted by Gasteiger charge is -2.36. The van der Waals surface area contributed by atoms with Crippen molar-refractivity contribution in [3.63, 3.8) is 0 Å². The topological polar surface area (TPSA) is 23.5 Å². The van der Waals surface area contributed by atoms with E-state index < -0.39 is 0 Å². The van der Waals surface area contributed by atoms with Gasteiger partial charge >= 0.3 is 0 Å². The first-order valence-corrected chi connectivity index (χ1v) is 6.66. The van der Waals surface area contributed by atoms with Crippen molar-refractivity contribution in [2.45, 2.75) is 58.4 Å². The Morgan fingerprint density at radius 1 is 1.13 bits per heavy atom. The number of aliphatic hydroxyl groups excluding tert-OH is 1. The van der Waals surface area contributed by atoms with E-state index >= 15 is 0 Å². The Morgan fingerprint density at radius 3 is 2.27 bits per heavy atom. The van der Waals surface area contributed by atoms with Gasteiger partial charge in [0.05, 0.1) is 0 Å². The van der Waals surface area contributed by atoms with Crippen molar-refractivity contribution >= 4 is 0 Å². The maximum absolute atomic E-state index is 8.86. The van der Waals surface area contributed by atoms with Gasteiger partial charge < -0.3 is 10.0 Å². The summed E-state index contributed by atoms with van der Waals surface area (Å²) in [5, 5.41) is 8.86. The normalized spacial score (nSPS) is 27.2. The van der Waals surface area contributed by atoms with Gasteiger partial charge in [-0.25, -0.2) is 0 Å². The maximum Gasteiger partial charge on any atom is 0.0443 e. The molecule has 0 unspecified atom stereocenters. The molecule has 1 fully saturated rings. The lowest BCUT2D eigenvalue weighted by Crippen LogP contribution is -2.38. The zero-order valence-corrected chi connectivity index (χ0v) is 10.4. The van der Waals surface area contributed by atoms with Crippen LogP contribution in [0.25, 0.3) is 0 Å². The molecule has 1 rings (SSSR count). The molecular formula is C13H27NO. The highest BCUT2D eigenvalue weighted by Crippen LogP contribution is 2.29. The molecule has 1 N–H and O–H groups in total. The highest BCUT2D eigenvalue weighted by Gasteiger charge is 2.23. The Hall–Kier alpha value is -0.0800. The van der Waals surface area contributed by atoms with Gasteiger partial charge in [-0.1, -0.05) is 20.3 Å². The average molecular weight is 213 g/mol. The molecule has 90 valence electrons. The molecule has 0 aliphatic heterocycles. The molecule has 1 aliphatic carbocycles. The van der Waals surface area contributed by atoms with Crippen LogP contribution >= 0.6 is 0 Å². The first-order chi connectivity index (χ1) is 7.31. The third-order valence-electron chi connectivity index (χ3n) is 3.92. The van der Waals surface area contributed by atoms with Crippen LogP contribution in [0.4, 0.5) is 0 Å². The van der Waals surface area contributed by atoms with E-state index in [1.165, 1.54) is 32.1 Å². The van der Waals surface area contributed by atoms with Gasteiger partial charge in [0.1, 0.15) is 0 Å². The molecule has 0 aromatic rings. The smallest absolute Gasteiger partial charge is 0.0443 e. The predicted octanol–water partition coefficient (Wildman–Crippen LogP) is 2.66. The minimum atomic E-state index is 0.334. The van der Waals surface area contributed by atoms with E-state index in [0.717, 1.165) is 31.5 Å². The number of rotatable bonds is 6. The molecule has 0 heterocycles. The van der Waals surface area contributed by atoms with Crippen molar-refractivity contribution in [2.75, 3.05) is 19.7 Å². The number of nitrogens with zero attached hydrogens (tertiary/aromatic N) is 1. The van der Waals surface area contributed by atoms with Crippen LogP contribution in [0.3, 0.4) is 0 Å². The summed E-state index contributed by atoms with van der Waals surface area (Å²) in [5.41, 5.74) is 0. The second kappa shape index (κ2) is 7.24. The summed E-state index contributed by atoms with van der Waals surface area (Å²) in [6, 6.07) is 0.796. The van der Waals surface area contributed by atoms with Crippen molar-refractivity contribution in [3.05, 3.63) is 0 Å². The Balaban J connectivity index is 2.29. The molecule has 1 aliphatic rings. The molecule has 0 atom stereocenters. The van der Waals surface area contributed by atoms with Gasteiger partial charge in [-0.2, -0.15) is 0 Å². The van der Waals surface area contributed by atoms with Gasteiger partial charge in [0.2, 0.25) is 0 Å². The van der Waals surface area contributed by atoms with Crippen LogP contribution in [0.15, 0.2) is 0 Å². The van der Waals surface area contributed by atoms with Crippen LogP contribution in [0.2, 0.25) is 0 Å². The lowest BCUT2D eigenvalue weighted by molar-refractivity contribution is 0.130. The highest BCUT2D eigenvalue weighted by molar-refractivity contribution is 4.78. The van der Waals surface area contributed by atoms with E-state index in [1.54, 1.807) is 0 Å². The minimum absolute atomic E-state index is 0.334. The number of hydrogen-bond acceptors (Lipinski definition) is 2. The molecule has 1 saturated carbocycles. The van der Waals surface area contributed by atoms with Crippen molar-refractivity contribution in [1.29, 1.82) is 0 Å². The summed E-state index contributed by atoms with van der Waals surface area (Å²) in [5.74, 6) is 0.984. The second-order valence-corrected chi connectivity index (χ2v) is 4.79. The van der Waals surface area contributed by atoms with Crippen molar-refractivity contribution in [2.24, 2.45) is 5.92 Å². The van der Waals surface area contributed by atoms with E-state index in [0.29, 0.717) is 6.61 Å². The monoisotopic (exact) mass is 213 g/mol. The standard InChI is InChI=1S/C13H27NO/c1-3-12-6-8-13(9-7-12)14(4-2)10-5-11-15/h12-13,15H,3-11H2,1-2H3. The average Bonchev–Trinajstić information content (AvgIpc) is 2.31. The van der Waals surface area contributed by atoms with Crippen molar-refractivity contribution < 1.29 is 5.11 Å². The SMILES string of the molecule is CCC1CCC(N(CC)CCCO)CC1. The van der Waals surface area contributed by atoms with Gasteiger partial charge in [-0.15, -0.1) is 0 Å². The molecule has 0 amide bonds. The predicted molar refractivity (Wildman–Crippen MR) is 65.0 cm³/mol. The highest BCUT2D eigenvalue weighted by atomic mass is 16.3. The summed E-state index contributed by atoms with van der Waals surface area (Å²) < 4.78 is 0. The van der Waals surface area contributed by atoms with Crippen LogP contribution < -0.4 is 0 Å². The van der Waals surface area contributed by atoms with Crippen LogP contribution in [-0.2, 0) is 0 Å². The fourth-order valence-corrected chi connectivity index (χ4v) is 2.79. The summed E-state index contributed by atoms with van der Waals surface area (Å²) in [4.78, 5) is 2.56. The van der Waals surface area contributed by atoms with Crippen LogP contribution in [-0.4, -0.2) is 35.7 Å². The van der Waals surface area contributed by atoms with Crippen molar-refractivity contribution in [1.82, 2.24) is 4.90 Å². The van der Waals surface area contributed by atoms with E-state index in [9.17, 15) is 0 Å². The molecule has 0 saturated heterocycles. The minimum Gasteiger partial charge on any atom is -0.396 e. The Kier molecular flexibility index (Phi) is 6.26. The molecule has 2 heteroatoms. The largest absolute Gasteiger partial charge is 0.396 e. The summed E-state index contributed by atoms with van der Waals surface area (Å²) in [6.07, 6.45) is 7.86. The molecule has 0 spiro atoms. The summed E-state index contributed by atoms with van der Waals surface area (Å²) in [7, 11) is 0. The van der Waals surface area contributed by atoms with Gasteiger partial charge in [0, 0.05) is 19.2 Å². The third-order valence-corrected chi connectivity index (χ3v) is 3.92. The Labute approximate surface area is 94.7 Å². The van der Waals surface area contributed by atoms with E-state index in [2.05, 4.69) is 18.7 Å². The molecule has 0 aromatic carbocycles. The van der Waals surface area contributed by atoms with Crippen LogP contribution in [0.1, 0.15) is 52.4 Å². The van der Waals surface area contributed by atoms with Crippen molar-refractivity contribution in [3.8, 4) is 0 Å². The first kappa shape index (κ1) is 13.0. The zero-order chi connectivity index (χ0) is 11.1. The molecule has 0 bridgehead atoms. The van der Waals surface area contributed by atoms with Gasteiger partial charge in [-0.05, 0) is 44.6 Å². The lowest BCUT2D eigenvalue weighted by atomic mass is 9.84. The van der Waals surface area contributed by atoms with Crippen LogP contribution in [0, 0.1) is 5.92 Å². The fraction of sp³-hybridized carbons (Fsp3) is 1.00. The third kappa shape index (κ3) is 4.12. The number of aliphatic hydroxyl groups is 1. The molecule has 15 heavy (non-hydrogen) atoms. The second-order valence-electron chi connectivity index (χ2n) is 4.79. The van der Waals surface area contributed by atoms with Gasteiger partial charge in [-0.3, -0.25) is 0 Å². The Morgan fingerprint density at radius 2 is 1.80 bits per heavy atom. The van der Waals surface area contributed by atoms with E-state index in [-0.39, 0.29) is 0 Å². The van der Waals surface area contributed by atoms with Crippen LogP contribution in [0.5, 0.6) is 0 Å². The van der Waals surface area contributed by atoms with E-state index in [4.69, 9.17) is 5.11 Å². The Bertz CT molecular complexity index is 153. The molecule has 2 nitrogen and oxygen atoms in total. The molecule has 0 radical (unpaired) electrons. The number of hydrogen-bond donors (Lipinski definition) is 1. The fourth-order valence-electron chi connectivity index (χ4n) is 2.79. The summed E-state index contributed by atoms with van der Waals surface area (Å²) >= 11 is 0. The maximum atomic E-state index is 8.86. The quantitative estimate of drug-likeness (QED) is 0.733. The van der Waals surface area contributed by atoms with E-state index in [1.807, 2.05) is 0 Å². The molecular weight excluding hydrogens is 186 g/mol.